The summed E-state index contributed by atoms with van der Waals surface area (Å²) >= 11 is 0. The van der Waals surface area contributed by atoms with E-state index in [4.69, 9.17) is 0 Å². The molecule has 2 heteroatoms. The minimum Gasteiger partial charge on any atom is -0.619 e. The molecule has 0 aromatic carbocycles. The Morgan fingerprint density at radius 1 is 1.57 bits per heavy atom. The summed E-state index contributed by atoms with van der Waals surface area (Å²) in [5, 5.41) is 10.2. The molecule has 0 bridgehead atoms. The van der Waals surface area contributed by atoms with Crippen LogP contribution in [-0.2, 0) is 0 Å². The van der Waals surface area contributed by atoms with Gasteiger partial charge in [0.2, 0.25) is 0 Å². The summed E-state index contributed by atoms with van der Waals surface area (Å²) in [6.07, 6.45) is 2.73. The number of pyridine rings is 1. The fourth-order valence-electron chi connectivity index (χ4n) is 0.343. The Kier molecular flexibility index (Phi) is 0.941. The second kappa shape index (κ2) is 1.60. The summed E-state index contributed by atoms with van der Waals surface area (Å²) in [5.41, 5.74) is 0. The molecule has 1 aromatic rings. The van der Waals surface area contributed by atoms with Gasteiger partial charge in [-0.25, -0.2) is 0 Å². The van der Waals surface area contributed by atoms with Gasteiger partial charge in [-0.2, -0.15) is 4.73 Å². The molecule has 0 atom stereocenters. The zero-order chi connectivity index (χ0) is 5.11. The molecule has 1 aromatic heterocycles. The van der Waals surface area contributed by atoms with Gasteiger partial charge in [0.1, 0.15) is 0 Å². The average Bonchev–Trinajstić information content (AvgIpc) is 1.69. The van der Waals surface area contributed by atoms with Crippen molar-refractivity contribution in [2.75, 3.05) is 0 Å². The number of aromatic nitrogens is 1. The van der Waals surface area contributed by atoms with Crippen LogP contribution in [0.2, 0.25) is 0 Å². The fourth-order valence-corrected chi connectivity index (χ4v) is 0.343. The molecule has 2 nitrogen and oxygen atoms in total. The summed E-state index contributed by atoms with van der Waals surface area (Å²) < 4.78 is 0.694. The van der Waals surface area contributed by atoms with Gasteiger partial charge in [-0.15, -0.1) is 0 Å². The lowest BCUT2D eigenvalue weighted by Crippen LogP contribution is -2.22. The van der Waals surface area contributed by atoms with Crippen molar-refractivity contribution in [1.29, 1.82) is 0 Å². The molecular formula is C5H4NO. The van der Waals surface area contributed by atoms with Crippen molar-refractivity contribution in [2.24, 2.45) is 0 Å². The molecule has 0 unspecified atom stereocenters. The maximum Gasteiger partial charge on any atom is 0.188 e. The van der Waals surface area contributed by atoms with E-state index in [0.29, 0.717) is 4.73 Å². The van der Waals surface area contributed by atoms with Crippen LogP contribution in [0.25, 0.3) is 0 Å². The smallest absolute Gasteiger partial charge is 0.188 e. The van der Waals surface area contributed by atoms with Crippen molar-refractivity contribution in [1.82, 2.24) is 0 Å². The Bertz CT molecular complexity index is 138. The Morgan fingerprint density at radius 2 is 2.43 bits per heavy atom. The monoisotopic (exact) mass is 94.0 g/mol. The van der Waals surface area contributed by atoms with Crippen molar-refractivity contribution in [3.05, 3.63) is 35.8 Å². The Hall–Kier alpha value is -1.05. The summed E-state index contributed by atoms with van der Waals surface area (Å²) in [4.78, 5) is 0. The van der Waals surface area contributed by atoms with Crippen LogP contribution in [0.4, 0.5) is 0 Å². The molecule has 35 valence electrons. The minimum absolute atomic E-state index is 0.694. The van der Waals surface area contributed by atoms with Crippen LogP contribution in [0.3, 0.4) is 0 Å². The second-order valence-corrected chi connectivity index (χ2v) is 1.16. The number of nitrogens with zero attached hydrogens (tertiary/aromatic N) is 1. The van der Waals surface area contributed by atoms with E-state index >= 15 is 0 Å². The zero-order valence-electron chi connectivity index (χ0n) is 3.66. The highest BCUT2D eigenvalue weighted by atomic mass is 16.5. The van der Waals surface area contributed by atoms with E-state index in [1.165, 1.54) is 12.4 Å². The predicted octanol–water partition coefficient (Wildman–Crippen LogP) is 0.120. The largest absolute Gasteiger partial charge is 0.619 e. The van der Waals surface area contributed by atoms with E-state index in [-0.39, 0.29) is 0 Å². The molecule has 0 aliphatic rings. The first-order valence-corrected chi connectivity index (χ1v) is 1.94. The molecule has 1 radical (unpaired) electrons. The molecule has 1 rings (SSSR count). The van der Waals surface area contributed by atoms with Crippen molar-refractivity contribution < 1.29 is 4.73 Å². The highest BCUT2D eigenvalue weighted by Gasteiger charge is 1.75. The van der Waals surface area contributed by atoms with E-state index in [1.54, 1.807) is 12.1 Å². The van der Waals surface area contributed by atoms with Crippen LogP contribution in [0, 0.1) is 11.3 Å². The van der Waals surface area contributed by atoms with E-state index < -0.39 is 0 Å². The maximum atomic E-state index is 10.2. The van der Waals surface area contributed by atoms with Gasteiger partial charge in [-0.1, -0.05) is 0 Å². The Labute approximate surface area is 41.6 Å². The van der Waals surface area contributed by atoms with Crippen molar-refractivity contribution >= 4 is 0 Å². The second-order valence-electron chi connectivity index (χ2n) is 1.16. The quantitative estimate of drug-likeness (QED) is 0.331. The average molecular weight is 94.1 g/mol. The van der Waals surface area contributed by atoms with E-state index in [9.17, 15) is 5.21 Å². The third-order valence-corrected chi connectivity index (χ3v) is 0.627. The van der Waals surface area contributed by atoms with Crippen LogP contribution in [-0.4, -0.2) is 0 Å². The third kappa shape index (κ3) is 0.892. The van der Waals surface area contributed by atoms with Crippen LogP contribution < -0.4 is 4.73 Å². The first kappa shape index (κ1) is 4.12. The van der Waals surface area contributed by atoms with Gasteiger partial charge in [0, 0.05) is 6.07 Å². The molecule has 0 N–H and O–H groups in total. The van der Waals surface area contributed by atoms with Gasteiger partial charge < -0.3 is 5.21 Å². The molecule has 7 heavy (non-hydrogen) atoms. The van der Waals surface area contributed by atoms with E-state index in [0.717, 1.165) is 0 Å². The van der Waals surface area contributed by atoms with Crippen molar-refractivity contribution in [3.8, 4) is 0 Å². The minimum atomic E-state index is 0.694. The number of rotatable bonds is 0. The SMILES string of the molecule is [O-][n+]1c[c]ccc1. The fraction of sp³-hybridized carbons (Fsp3) is 0. The summed E-state index contributed by atoms with van der Waals surface area (Å²) in [7, 11) is 0. The first-order chi connectivity index (χ1) is 3.39. The molecule has 0 saturated carbocycles. The first-order valence-electron chi connectivity index (χ1n) is 1.94. The number of hydrogen-bond donors (Lipinski definition) is 0. The van der Waals surface area contributed by atoms with Crippen LogP contribution in [0.5, 0.6) is 0 Å². The standard InChI is InChI=1S/C5H4NO/c7-6-4-2-1-3-5-6/h1-2,4-5H. The van der Waals surface area contributed by atoms with Gasteiger partial charge in [0.25, 0.3) is 0 Å². The maximum absolute atomic E-state index is 10.2. The molecule has 0 saturated heterocycles. The van der Waals surface area contributed by atoms with Gasteiger partial charge in [-0.3, -0.25) is 0 Å². The molecule has 0 amide bonds. The summed E-state index contributed by atoms with van der Waals surface area (Å²) in [6, 6.07) is 5.92. The predicted molar refractivity (Wildman–Crippen MR) is 24.2 cm³/mol. The lowest BCUT2D eigenvalue weighted by atomic mass is 10.5. The summed E-state index contributed by atoms with van der Waals surface area (Å²) in [6.45, 7) is 0. The molecule has 0 spiro atoms. The van der Waals surface area contributed by atoms with Gasteiger partial charge in [0.15, 0.2) is 12.4 Å². The van der Waals surface area contributed by atoms with E-state index in [1.807, 2.05) is 0 Å². The van der Waals surface area contributed by atoms with Gasteiger partial charge in [0.05, 0.1) is 6.07 Å². The highest BCUT2D eigenvalue weighted by molar-refractivity contribution is 4.81. The molecular weight excluding hydrogens is 90.1 g/mol. The van der Waals surface area contributed by atoms with Crippen LogP contribution in [0.15, 0.2) is 24.5 Å². The summed E-state index contributed by atoms with van der Waals surface area (Å²) in [5.74, 6) is 0. The van der Waals surface area contributed by atoms with Gasteiger partial charge in [-0.05, 0) is 6.07 Å². The molecule has 0 aliphatic heterocycles. The highest BCUT2D eigenvalue weighted by Crippen LogP contribution is 1.70. The Morgan fingerprint density at radius 3 is 2.71 bits per heavy atom. The normalized spacial score (nSPS) is 8.57. The lowest BCUT2D eigenvalue weighted by molar-refractivity contribution is -0.605. The Balaban J connectivity index is 3.02. The molecule has 0 aliphatic carbocycles. The van der Waals surface area contributed by atoms with Crippen molar-refractivity contribution in [2.45, 2.75) is 0 Å². The van der Waals surface area contributed by atoms with Crippen molar-refractivity contribution in [3.63, 3.8) is 0 Å². The van der Waals surface area contributed by atoms with Crippen LogP contribution in [0.1, 0.15) is 0 Å². The number of hydrogen-bond acceptors (Lipinski definition) is 1. The molecule has 1 heterocycles. The topological polar surface area (TPSA) is 26.9 Å². The lowest BCUT2D eigenvalue weighted by Gasteiger charge is -1.87. The third-order valence-electron chi connectivity index (χ3n) is 0.627. The van der Waals surface area contributed by atoms with E-state index in [2.05, 4.69) is 6.07 Å². The zero-order valence-corrected chi connectivity index (χ0v) is 3.66. The van der Waals surface area contributed by atoms with Crippen LogP contribution >= 0.6 is 0 Å². The van der Waals surface area contributed by atoms with Gasteiger partial charge >= 0.3 is 0 Å². The molecule has 0 fully saturated rings.